The van der Waals surface area contributed by atoms with Gasteiger partial charge in [-0.3, -0.25) is 4.79 Å². The SMILES string of the molecule is CCOc1cc2oc3c(c2cc1/C(C)=C/C(=O)Nc1ncccc1C)CCCC3. The molecule has 1 N–H and O–H groups in total. The van der Waals surface area contributed by atoms with Crippen LogP contribution >= 0.6 is 0 Å². The molecule has 1 aliphatic rings. The van der Waals surface area contributed by atoms with E-state index >= 15 is 0 Å². The molecule has 0 saturated heterocycles. The molecule has 2 aromatic heterocycles. The molecule has 1 aromatic carbocycles. The van der Waals surface area contributed by atoms with Crippen molar-refractivity contribution in [3.05, 3.63) is 59.0 Å². The lowest BCUT2D eigenvalue weighted by atomic mass is 9.94. The normalized spacial score (nSPS) is 14.0. The van der Waals surface area contributed by atoms with Gasteiger partial charge in [-0.15, -0.1) is 0 Å². The lowest BCUT2D eigenvalue weighted by molar-refractivity contribution is -0.111. The van der Waals surface area contributed by atoms with Gasteiger partial charge in [0.1, 0.15) is 22.9 Å². The van der Waals surface area contributed by atoms with Gasteiger partial charge in [-0.05, 0) is 63.3 Å². The van der Waals surface area contributed by atoms with Crippen LogP contribution in [0, 0.1) is 6.92 Å². The van der Waals surface area contributed by atoms with E-state index in [1.54, 1.807) is 12.3 Å². The second-order valence-corrected chi connectivity index (χ2v) is 7.47. The highest BCUT2D eigenvalue weighted by atomic mass is 16.5. The number of carbonyl (C=O) groups excluding carboxylic acids is 1. The molecule has 0 spiro atoms. The van der Waals surface area contributed by atoms with E-state index in [4.69, 9.17) is 9.15 Å². The number of ether oxygens (including phenoxy) is 1. The Labute approximate surface area is 170 Å². The average molecular weight is 390 g/mol. The summed E-state index contributed by atoms with van der Waals surface area (Å²) in [5.41, 5.74) is 4.85. The molecule has 1 amide bonds. The Morgan fingerprint density at radius 2 is 2.14 bits per heavy atom. The van der Waals surface area contributed by atoms with Gasteiger partial charge in [-0.25, -0.2) is 4.98 Å². The number of hydrogen-bond acceptors (Lipinski definition) is 4. The van der Waals surface area contributed by atoms with Gasteiger partial charge >= 0.3 is 0 Å². The first kappa shape index (κ1) is 19.2. The standard InChI is InChI=1S/C24H26N2O3/c1-4-28-21-14-22-19(17-9-5-6-10-20(17)29-22)13-18(21)16(3)12-23(27)26-24-15(2)8-7-11-25-24/h7-8,11-14H,4-6,9-10H2,1-3H3,(H,25,26,27)/b16-12+. The molecule has 0 fully saturated rings. The number of benzene rings is 1. The fourth-order valence-electron chi connectivity index (χ4n) is 3.92. The van der Waals surface area contributed by atoms with E-state index in [0.717, 1.165) is 52.0 Å². The molecule has 2 heterocycles. The minimum Gasteiger partial charge on any atom is -0.493 e. The maximum absolute atomic E-state index is 12.6. The van der Waals surface area contributed by atoms with E-state index in [-0.39, 0.29) is 5.91 Å². The van der Waals surface area contributed by atoms with Gasteiger partial charge in [0, 0.05) is 41.3 Å². The number of pyridine rings is 1. The lowest BCUT2D eigenvalue weighted by Crippen LogP contribution is -2.11. The quantitative estimate of drug-likeness (QED) is 0.588. The first-order chi connectivity index (χ1) is 14.1. The molecule has 0 bridgehead atoms. The summed E-state index contributed by atoms with van der Waals surface area (Å²) in [5, 5.41) is 3.99. The molecule has 0 atom stereocenters. The summed E-state index contributed by atoms with van der Waals surface area (Å²) in [5.74, 6) is 2.20. The van der Waals surface area contributed by atoms with Crippen LogP contribution in [0.15, 0.2) is 41.0 Å². The van der Waals surface area contributed by atoms with Gasteiger partial charge in [0.2, 0.25) is 5.91 Å². The van der Waals surface area contributed by atoms with Crippen molar-refractivity contribution in [3.63, 3.8) is 0 Å². The van der Waals surface area contributed by atoms with E-state index < -0.39 is 0 Å². The van der Waals surface area contributed by atoms with Crippen molar-refractivity contribution in [1.29, 1.82) is 0 Å². The van der Waals surface area contributed by atoms with Crippen LogP contribution in [0.4, 0.5) is 5.82 Å². The molecule has 150 valence electrons. The molecular formula is C24H26N2O3. The van der Waals surface area contributed by atoms with E-state index in [1.165, 1.54) is 18.4 Å². The van der Waals surface area contributed by atoms with Crippen LogP contribution in [-0.4, -0.2) is 17.5 Å². The number of hydrogen-bond donors (Lipinski definition) is 1. The second kappa shape index (κ2) is 8.11. The molecule has 0 unspecified atom stereocenters. The topological polar surface area (TPSA) is 64.4 Å². The van der Waals surface area contributed by atoms with Crippen LogP contribution in [0.2, 0.25) is 0 Å². The highest BCUT2D eigenvalue weighted by Gasteiger charge is 2.20. The Balaban J connectivity index is 1.70. The average Bonchev–Trinajstić information content (AvgIpc) is 3.06. The minimum absolute atomic E-state index is 0.207. The van der Waals surface area contributed by atoms with Gasteiger partial charge in [0.25, 0.3) is 0 Å². The maximum atomic E-state index is 12.6. The number of furan rings is 1. The molecule has 0 radical (unpaired) electrons. The van der Waals surface area contributed by atoms with Gasteiger partial charge in [0.15, 0.2) is 0 Å². The number of aromatic nitrogens is 1. The summed E-state index contributed by atoms with van der Waals surface area (Å²) < 4.78 is 12.0. The molecule has 0 aliphatic heterocycles. The number of carbonyl (C=O) groups is 1. The number of aryl methyl sites for hydroxylation is 3. The molecule has 5 nitrogen and oxygen atoms in total. The van der Waals surface area contributed by atoms with Gasteiger partial charge in [0.05, 0.1) is 6.61 Å². The van der Waals surface area contributed by atoms with Crippen LogP contribution in [0.1, 0.15) is 49.1 Å². The Morgan fingerprint density at radius 3 is 2.93 bits per heavy atom. The number of nitrogens with one attached hydrogen (secondary N) is 1. The molecule has 4 rings (SSSR count). The third kappa shape index (κ3) is 3.90. The minimum atomic E-state index is -0.207. The second-order valence-electron chi connectivity index (χ2n) is 7.47. The third-order valence-corrected chi connectivity index (χ3v) is 5.38. The molecule has 1 aliphatic carbocycles. The van der Waals surface area contributed by atoms with Crippen molar-refractivity contribution in [2.45, 2.75) is 46.5 Å². The highest BCUT2D eigenvalue weighted by molar-refractivity contribution is 6.04. The maximum Gasteiger partial charge on any atom is 0.249 e. The Morgan fingerprint density at radius 1 is 1.31 bits per heavy atom. The Hall–Kier alpha value is -3.08. The number of nitrogens with zero attached hydrogens (tertiary/aromatic N) is 1. The Bertz CT molecular complexity index is 1090. The fraction of sp³-hybridized carbons (Fsp3) is 0.333. The third-order valence-electron chi connectivity index (χ3n) is 5.38. The number of fused-ring (bicyclic) bond motifs is 3. The molecule has 29 heavy (non-hydrogen) atoms. The van der Waals surface area contributed by atoms with Crippen molar-refractivity contribution >= 4 is 28.3 Å². The molecule has 0 saturated carbocycles. The van der Waals surface area contributed by atoms with E-state index in [1.807, 2.05) is 39.0 Å². The lowest BCUT2D eigenvalue weighted by Gasteiger charge is -2.12. The Kier molecular flexibility index (Phi) is 5.38. The van der Waals surface area contributed by atoms with Crippen molar-refractivity contribution in [3.8, 4) is 5.75 Å². The molecule has 5 heteroatoms. The smallest absolute Gasteiger partial charge is 0.249 e. The van der Waals surface area contributed by atoms with Crippen LogP contribution in [0.3, 0.4) is 0 Å². The van der Waals surface area contributed by atoms with Crippen molar-refractivity contribution < 1.29 is 13.9 Å². The van der Waals surface area contributed by atoms with Crippen molar-refractivity contribution in [1.82, 2.24) is 4.98 Å². The predicted octanol–water partition coefficient (Wildman–Crippen LogP) is 5.46. The van der Waals surface area contributed by atoms with E-state index in [2.05, 4.69) is 16.4 Å². The van der Waals surface area contributed by atoms with Crippen molar-refractivity contribution in [2.75, 3.05) is 11.9 Å². The van der Waals surface area contributed by atoms with Crippen LogP contribution in [0.25, 0.3) is 16.5 Å². The van der Waals surface area contributed by atoms with E-state index in [0.29, 0.717) is 12.4 Å². The number of amides is 1. The van der Waals surface area contributed by atoms with Gasteiger partial charge in [-0.2, -0.15) is 0 Å². The van der Waals surface area contributed by atoms with Gasteiger partial charge < -0.3 is 14.5 Å². The first-order valence-corrected chi connectivity index (χ1v) is 10.2. The summed E-state index contributed by atoms with van der Waals surface area (Å²) in [4.78, 5) is 16.8. The summed E-state index contributed by atoms with van der Waals surface area (Å²) >= 11 is 0. The highest BCUT2D eigenvalue weighted by Crippen LogP contribution is 2.38. The predicted molar refractivity (Wildman–Crippen MR) is 115 cm³/mol. The zero-order chi connectivity index (χ0) is 20.4. The fourth-order valence-corrected chi connectivity index (χ4v) is 3.92. The monoisotopic (exact) mass is 390 g/mol. The summed E-state index contributed by atoms with van der Waals surface area (Å²) in [6.07, 6.45) is 7.66. The zero-order valence-electron chi connectivity index (χ0n) is 17.2. The van der Waals surface area contributed by atoms with E-state index in [9.17, 15) is 4.79 Å². The summed E-state index contributed by atoms with van der Waals surface area (Å²) in [6, 6.07) is 7.84. The number of anilines is 1. The summed E-state index contributed by atoms with van der Waals surface area (Å²) in [7, 11) is 0. The number of allylic oxidation sites excluding steroid dienone is 1. The summed E-state index contributed by atoms with van der Waals surface area (Å²) in [6.45, 7) is 6.35. The van der Waals surface area contributed by atoms with Crippen LogP contribution in [0.5, 0.6) is 5.75 Å². The number of rotatable bonds is 5. The first-order valence-electron chi connectivity index (χ1n) is 10.2. The largest absolute Gasteiger partial charge is 0.493 e. The molecule has 3 aromatic rings. The van der Waals surface area contributed by atoms with Gasteiger partial charge in [-0.1, -0.05) is 6.07 Å². The molecular weight excluding hydrogens is 364 g/mol. The van der Waals surface area contributed by atoms with Crippen LogP contribution < -0.4 is 10.1 Å². The van der Waals surface area contributed by atoms with Crippen molar-refractivity contribution in [2.24, 2.45) is 0 Å². The zero-order valence-corrected chi connectivity index (χ0v) is 17.2. The van der Waals surface area contributed by atoms with Crippen LogP contribution in [-0.2, 0) is 17.6 Å².